The van der Waals surface area contributed by atoms with Crippen molar-refractivity contribution in [3.63, 3.8) is 0 Å². The molecule has 0 saturated heterocycles. The van der Waals surface area contributed by atoms with Crippen molar-refractivity contribution in [1.82, 2.24) is 4.57 Å². The average molecular weight is 163 g/mol. The van der Waals surface area contributed by atoms with Crippen LogP contribution in [0.5, 0.6) is 0 Å². The molecule has 0 aromatic carbocycles. The molecule has 0 aliphatic heterocycles. The standard InChI is InChI=1S/C11H17N/c1-10-5-4-8-12(10)9-11-6-2-3-7-11/h4-5,8,11H,2-3,6-7,9H2,1H3. The monoisotopic (exact) mass is 163 g/mol. The van der Waals surface area contributed by atoms with E-state index in [9.17, 15) is 0 Å². The van der Waals surface area contributed by atoms with Gasteiger partial charge in [0.05, 0.1) is 0 Å². The Labute approximate surface area is 74.4 Å². The summed E-state index contributed by atoms with van der Waals surface area (Å²) < 4.78 is 2.38. The van der Waals surface area contributed by atoms with E-state index in [0.717, 1.165) is 5.92 Å². The van der Waals surface area contributed by atoms with Crippen LogP contribution in [0.15, 0.2) is 18.3 Å². The Kier molecular flexibility index (Phi) is 2.20. The first-order valence-corrected chi connectivity index (χ1v) is 4.98. The molecule has 0 unspecified atom stereocenters. The van der Waals surface area contributed by atoms with Crippen LogP contribution in [-0.4, -0.2) is 4.57 Å². The number of aryl methyl sites for hydroxylation is 1. The van der Waals surface area contributed by atoms with Crippen molar-refractivity contribution in [2.45, 2.75) is 39.2 Å². The maximum Gasteiger partial charge on any atom is 0.0250 e. The van der Waals surface area contributed by atoms with Crippen LogP contribution in [0.4, 0.5) is 0 Å². The molecule has 1 aromatic rings. The summed E-state index contributed by atoms with van der Waals surface area (Å²) in [5.41, 5.74) is 1.40. The molecular weight excluding hydrogens is 146 g/mol. The summed E-state index contributed by atoms with van der Waals surface area (Å²) in [4.78, 5) is 0. The Bertz CT molecular complexity index is 243. The molecule has 1 aliphatic carbocycles. The van der Waals surface area contributed by atoms with E-state index in [4.69, 9.17) is 0 Å². The molecule has 0 bridgehead atoms. The van der Waals surface area contributed by atoms with E-state index in [1.165, 1.54) is 37.9 Å². The second-order valence-electron chi connectivity index (χ2n) is 3.95. The third-order valence-electron chi connectivity index (χ3n) is 2.99. The molecule has 66 valence electrons. The van der Waals surface area contributed by atoms with E-state index in [1.807, 2.05) is 0 Å². The van der Waals surface area contributed by atoms with Gasteiger partial charge in [0.1, 0.15) is 0 Å². The molecule has 1 aromatic heterocycles. The van der Waals surface area contributed by atoms with Crippen molar-refractivity contribution in [3.05, 3.63) is 24.0 Å². The van der Waals surface area contributed by atoms with Crippen LogP contribution in [-0.2, 0) is 6.54 Å². The Morgan fingerprint density at radius 1 is 1.42 bits per heavy atom. The van der Waals surface area contributed by atoms with E-state index >= 15 is 0 Å². The lowest BCUT2D eigenvalue weighted by Gasteiger charge is -2.11. The lowest BCUT2D eigenvalue weighted by Crippen LogP contribution is -2.07. The van der Waals surface area contributed by atoms with E-state index in [1.54, 1.807) is 0 Å². The van der Waals surface area contributed by atoms with Crippen LogP contribution in [0, 0.1) is 12.8 Å². The van der Waals surface area contributed by atoms with Crippen molar-refractivity contribution in [2.75, 3.05) is 0 Å². The summed E-state index contributed by atoms with van der Waals surface area (Å²) in [6, 6.07) is 4.33. The van der Waals surface area contributed by atoms with Gasteiger partial charge in [-0.3, -0.25) is 0 Å². The first-order chi connectivity index (χ1) is 5.86. The van der Waals surface area contributed by atoms with Crippen LogP contribution in [0.1, 0.15) is 31.4 Å². The highest BCUT2D eigenvalue weighted by Crippen LogP contribution is 2.26. The predicted octanol–water partition coefficient (Wildman–Crippen LogP) is 2.99. The number of rotatable bonds is 2. The molecule has 0 atom stereocenters. The van der Waals surface area contributed by atoms with Crippen molar-refractivity contribution in [3.8, 4) is 0 Å². The van der Waals surface area contributed by atoms with Gasteiger partial charge in [0.25, 0.3) is 0 Å². The second-order valence-corrected chi connectivity index (χ2v) is 3.95. The number of aromatic nitrogens is 1. The highest BCUT2D eigenvalue weighted by Gasteiger charge is 2.15. The van der Waals surface area contributed by atoms with Crippen LogP contribution >= 0.6 is 0 Å². The number of hydrogen-bond donors (Lipinski definition) is 0. The maximum absolute atomic E-state index is 2.38. The van der Waals surface area contributed by atoms with Crippen molar-refractivity contribution < 1.29 is 0 Å². The first kappa shape index (κ1) is 7.90. The summed E-state index contributed by atoms with van der Waals surface area (Å²) in [5.74, 6) is 0.955. The molecule has 2 rings (SSSR count). The van der Waals surface area contributed by atoms with Gasteiger partial charge in [-0.05, 0) is 37.8 Å². The minimum absolute atomic E-state index is 0.955. The SMILES string of the molecule is Cc1cccn1CC1CCCC1. The van der Waals surface area contributed by atoms with Crippen LogP contribution in [0.3, 0.4) is 0 Å². The summed E-state index contributed by atoms with van der Waals surface area (Å²) in [6.07, 6.45) is 7.98. The molecule has 0 spiro atoms. The van der Waals surface area contributed by atoms with E-state index in [0.29, 0.717) is 0 Å². The second kappa shape index (κ2) is 3.34. The summed E-state index contributed by atoms with van der Waals surface area (Å²) in [7, 11) is 0. The third kappa shape index (κ3) is 1.55. The molecule has 1 heteroatoms. The van der Waals surface area contributed by atoms with Crippen molar-refractivity contribution >= 4 is 0 Å². The highest BCUT2D eigenvalue weighted by molar-refractivity contribution is 5.04. The van der Waals surface area contributed by atoms with E-state index < -0.39 is 0 Å². The maximum atomic E-state index is 2.38. The summed E-state index contributed by atoms with van der Waals surface area (Å²) in [5, 5.41) is 0. The quantitative estimate of drug-likeness (QED) is 0.631. The predicted molar refractivity (Wildman–Crippen MR) is 51.1 cm³/mol. The highest BCUT2D eigenvalue weighted by atomic mass is 15.0. The van der Waals surface area contributed by atoms with Gasteiger partial charge in [-0.25, -0.2) is 0 Å². The molecule has 1 fully saturated rings. The van der Waals surface area contributed by atoms with Crippen LogP contribution in [0.2, 0.25) is 0 Å². The molecule has 1 nitrogen and oxygen atoms in total. The molecule has 0 N–H and O–H groups in total. The fraction of sp³-hybridized carbons (Fsp3) is 0.636. The zero-order valence-electron chi connectivity index (χ0n) is 7.79. The van der Waals surface area contributed by atoms with Gasteiger partial charge < -0.3 is 4.57 Å². The molecule has 1 saturated carbocycles. The fourth-order valence-corrected chi connectivity index (χ4v) is 2.18. The zero-order valence-corrected chi connectivity index (χ0v) is 7.79. The smallest absolute Gasteiger partial charge is 0.0250 e. The van der Waals surface area contributed by atoms with Gasteiger partial charge in [0.2, 0.25) is 0 Å². The Hall–Kier alpha value is -0.720. The lowest BCUT2D eigenvalue weighted by atomic mass is 10.1. The lowest BCUT2D eigenvalue weighted by molar-refractivity contribution is 0.453. The normalized spacial score (nSPS) is 18.8. The van der Waals surface area contributed by atoms with Crippen molar-refractivity contribution in [2.24, 2.45) is 5.92 Å². The minimum Gasteiger partial charge on any atom is -0.351 e. The molecular formula is C11H17N. The summed E-state index contributed by atoms with van der Waals surface area (Å²) >= 11 is 0. The summed E-state index contributed by atoms with van der Waals surface area (Å²) in [6.45, 7) is 3.44. The Morgan fingerprint density at radius 3 is 2.75 bits per heavy atom. The Morgan fingerprint density at radius 2 is 2.17 bits per heavy atom. The molecule has 1 aliphatic rings. The minimum atomic E-state index is 0.955. The number of nitrogens with zero attached hydrogens (tertiary/aromatic N) is 1. The van der Waals surface area contributed by atoms with Gasteiger partial charge in [-0.2, -0.15) is 0 Å². The van der Waals surface area contributed by atoms with Gasteiger partial charge in [-0.1, -0.05) is 12.8 Å². The van der Waals surface area contributed by atoms with Crippen molar-refractivity contribution in [1.29, 1.82) is 0 Å². The van der Waals surface area contributed by atoms with Gasteiger partial charge in [0, 0.05) is 18.4 Å². The largest absolute Gasteiger partial charge is 0.351 e. The first-order valence-electron chi connectivity index (χ1n) is 4.98. The third-order valence-corrected chi connectivity index (χ3v) is 2.99. The topological polar surface area (TPSA) is 4.93 Å². The van der Waals surface area contributed by atoms with E-state index in [2.05, 4.69) is 29.8 Å². The molecule has 1 heterocycles. The van der Waals surface area contributed by atoms with Gasteiger partial charge in [0.15, 0.2) is 0 Å². The zero-order chi connectivity index (χ0) is 8.39. The molecule has 12 heavy (non-hydrogen) atoms. The fourth-order valence-electron chi connectivity index (χ4n) is 2.18. The van der Waals surface area contributed by atoms with Gasteiger partial charge >= 0.3 is 0 Å². The molecule has 0 radical (unpaired) electrons. The average Bonchev–Trinajstić information content (AvgIpc) is 2.65. The van der Waals surface area contributed by atoms with E-state index in [-0.39, 0.29) is 0 Å². The Balaban J connectivity index is 1.98. The van der Waals surface area contributed by atoms with Crippen LogP contribution < -0.4 is 0 Å². The van der Waals surface area contributed by atoms with Gasteiger partial charge in [-0.15, -0.1) is 0 Å². The van der Waals surface area contributed by atoms with Crippen LogP contribution in [0.25, 0.3) is 0 Å². The molecule has 0 amide bonds. The number of hydrogen-bond acceptors (Lipinski definition) is 0.